The van der Waals surface area contributed by atoms with Crippen LogP contribution < -0.4 is 0 Å². The maximum Gasteiger partial charge on any atom is 0.335 e. The minimum atomic E-state index is -0.955. The van der Waals surface area contributed by atoms with E-state index in [1.807, 2.05) is 16.5 Å². The van der Waals surface area contributed by atoms with Crippen LogP contribution in [-0.4, -0.2) is 49.7 Å². The molecule has 1 saturated heterocycles. The number of carboxylic acid groups (broad SMARTS) is 1. The zero-order chi connectivity index (χ0) is 17.8. The standard InChI is InChI=1S/C18H22N4O3/c1-21-12-19-20-17(21)14-6-4-10-22(11-14)16(23)9-8-13-5-2-3-7-15(13)18(24)25/h2-3,5,7,12,14H,4,6,8-11H2,1H3,(H,24,25). The van der Waals surface area contributed by atoms with Gasteiger partial charge in [-0.2, -0.15) is 0 Å². The van der Waals surface area contributed by atoms with E-state index in [1.54, 1.807) is 30.6 Å². The van der Waals surface area contributed by atoms with Crippen LogP contribution >= 0.6 is 0 Å². The molecule has 1 aromatic heterocycles. The van der Waals surface area contributed by atoms with Gasteiger partial charge in [0, 0.05) is 32.5 Å². The second kappa shape index (κ2) is 7.46. The molecule has 1 fully saturated rings. The van der Waals surface area contributed by atoms with Crippen molar-refractivity contribution in [3.63, 3.8) is 0 Å². The molecule has 1 aromatic carbocycles. The molecule has 0 aliphatic carbocycles. The molecule has 132 valence electrons. The number of rotatable bonds is 5. The van der Waals surface area contributed by atoms with Gasteiger partial charge in [-0.25, -0.2) is 4.79 Å². The highest BCUT2D eigenvalue weighted by Crippen LogP contribution is 2.25. The van der Waals surface area contributed by atoms with Gasteiger partial charge in [0.25, 0.3) is 0 Å². The zero-order valence-corrected chi connectivity index (χ0v) is 14.3. The third-order valence-corrected chi connectivity index (χ3v) is 4.74. The van der Waals surface area contributed by atoms with E-state index in [2.05, 4.69) is 10.2 Å². The van der Waals surface area contributed by atoms with Gasteiger partial charge in [0.1, 0.15) is 12.2 Å². The first kappa shape index (κ1) is 17.1. The van der Waals surface area contributed by atoms with E-state index >= 15 is 0 Å². The van der Waals surface area contributed by atoms with Gasteiger partial charge in [-0.15, -0.1) is 10.2 Å². The molecule has 3 rings (SSSR count). The number of hydrogen-bond acceptors (Lipinski definition) is 4. The van der Waals surface area contributed by atoms with Gasteiger partial charge in [-0.05, 0) is 30.9 Å². The summed E-state index contributed by atoms with van der Waals surface area (Å²) < 4.78 is 1.90. The topological polar surface area (TPSA) is 88.3 Å². The van der Waals surface area contributed by atoms with Gasteiger partial charge < -0.3 is 14.6 Å². The van der Waals surface area contributed by atoms with E-state index in [0.717, 1.165) is 25.2 Å². The first-order valence-electron chi connectivity index (χ1n) is 8.49. The highest BCUT2D eigenvalue weighted by atomic mass is 16.4. The van der Waals surface area contributed by atoms with Crippen molar-refractivity contribution in [3.8, 4) is 0 Å². The number of likely N-dealkylation sites (tertiary alicyclic amines) is 1. The third-order valence-electron chi connectivity index (χ3n) is 4.74. The van der Waals surface area contributed by atoms with Crippen molar-refractivity contribution >= 4 is 11.9 Å². The number of piperidine rings is 1. The molecule has 0 spiro atoms. The SMILES string of the molecule is Cn1cnnc1C1CCCN(C(=O)CCc2ccccc2C(=O)O)C1. The summed E-state index contributed by atoms with van der Waals surface area (Å²) in [4.78, 5) is 25.7. The molecule has 1 aliphatic rings. The fourth-order valence-electron chi connectivity index (χ4n) is 3.42. The normalized spacial score (nSPS) is 17.5. The van der Waals surface area contributed by atoms with Crippen LogP contribution in [0.4, 0.5) is 0 Å². The Bertz CT molecular complexity index is 771. The van der Waals surface area contributed by atoms with Crippen molar-refractivity contribution in [1.29, 1.82) is 0 Å². The van der Waals surface area contributed by atoms with E-state index in [4.69, 9.17) is 0 Å². The van der Waals surface area contributed by atoms with Crippen molar-refractivity contribution in [3.05, 3.63) is 47.5 Å². The van der Waals surface area contributed by atoms with E-state index in [1.165, 1.54) is 0 Å². The lowest BCUT2D eigenvalue weighted by molar-refractivity contribution is -0.132. The molecule has 0 bridgehead atoms. The largest absolute Gasteiger partial charge is 0.478 e. The van der Waals surface area contributed by atoms with Crippen LogP contribution in [0.25, 0.3) is 0 Å². The van der Waals surface area contributed by atoms with Gasteiger partial charge in [-0.1, -0.05) is 18.2 Å². The summed E-state index contributed by atoms with van der Waals surface area (Å²) in [6.07, 6.45) is 4.37. The molecule has 0 saturated carbocycles. The number of carbonyl (C=O) groups excluding carboxylic acids is 1. The smallest absolute Gasteiger partial charge is 0.335 e. The van der Waals surface area contributed by atoms with Crippen molar-refractivity contribution < 1.29 is 14.7 Å². The van der Waals surface area contributed by atoms with Crippen LogP contribution in [0.3, 0.4) is 0 Å². The lowest BCUT2D eigenvalue weighted by Gasteiger charge is -2.32. The Labute approximate surface area is 146 Å². The van der Waals surface area contributed by atoms with Crippen LogP contribution in [0.2, 0.25) is 0 Å². The quantitative estimate of drug-likeness (QED) is 0.896. The fourth-order valence-corrected chi connectivity index (χ4v) is 3.42. The maximum atomic E-state index is 12.6. The number of aromatic nitrogens is 3. The number of carbonyl (C=O) groups is 2. The first-order valence-corrected chi connectivity index (χ1v) is 8.49. The first-order chi connectivity index (χ1) is 12.1. The molecule has 1 unspecified atom stereocenters. The zero-order valence-electron chi connectivity index (χ0n) is 14.3. The number of carboxylic acids is 1. The summed E-state index contributed by atoms with van der Waals surface area (Å²) >= 11 is 0. The average Bonchev–Trinajstić information content (AvgIpc) is 3.06. The summed E-state index contributed by atoms with van der Waals surface area (Å²) in [5.41, 5.74) is 0.969. The van der Waals surface area contributed by atoms with Crippen LogP contribution in [0, 0.1) is 0 Å². The Morgan fingerprint density at radius 3 is 2.84 bits per heavy atom. The Hall–Kier alpha value is -2.70. The predicted octanol–water partition coefficient (Wildman–Crippen LogP) is 1.85. The Morgan fingerprint density at radius 2 is 2.12 bits per heavy atom. The Balaban J connectivity index is 1.62. The molecule has 2 aromatic rings. The summed E-state index contributed by atoms with van der Waals surface area (Å²) in [5, 5.41) is 17.3. The van der Waals surface area contributed by atoms with Crippen LogP contribution in [0.1, 0.15) is 46.9 Å². The Morgan fingerprint density at radius 1 is 1.32 bits per heavy atom. The molecule has 1 N–H and O–H groups in total. The highest BCUT2D eigenvalue weighted by Gasteiger charge is 2.27. The lowest BCUT2D eigenvalue weighted by Crippen LogP contribution is -2.39. The molecule has 2 heterocycles. The molecule has 1 atom stereocenters. The molecule has 25 heavy (non-hydrogen) atoms. The molecule has 7 heteroatoms. The minimum Gasteiger partial charge on any atom is -0.478 e. The van der Waals surface area contributed by atoms with Gasteiger partial charge >= 0.3 is 5.97 Å². The molecular weight excluding hydrogens is 320 g/mol. The summed E-state index contributed by atoms with van der Waals surface area (Å²) in [6, 6.07) is 6.85. The average molecular weight is 342 g/mol. The predicted molar refractivity (Wildman–Crippen MR) is 91.3 cm³/mol. The van der Waals surface area contributed by atoms with Crippen molar-refractivity contribution in [2.75, 3.05) is 13.1 Å². The maximum absolute atomic E-state index is 12.6. The number of aromatic carboxylic acids is 1. The monoisotopic (exact) mass is 342 g/mol. The second-order valence-electron chi connectivity index (χ2n) is 6.44. The molecule has 0 radical (unpaired) electrons. The molecule has 1 aliphatic heterocycles. The van der Waals surface area contributed by atoms with Crippen molar-refractivity contribution in [2.24, 2.45) is 7.05 Å². The van der Waals surface area contributed by atoms with Gasteiger partial charge in [-0.3, -0.25) is 4.79 Å². The fraction of sp³-hybridized carbons (Fsp3) is 0.444. The van der Waals surface area contributed by atoms with E-state index in [9.17, 15) is 14.7 Å². The van der Waals surface area contributed by atoms with Crippen LogP contribution in [-0.2, 0) is 18.3 Å². The number of hydrogen-bond donors (Lipinski definition) is 1. The van der Waals surface area contributed by atoms with Crippen molar-refractivity contribution in [1.82, 2.24) is 19.7 Å². The summed E-state index contributed by atoms with van der Waals surface area (Å²) in [7, 11) is 1.92. The summed E-state index contributed by atoms with van der Waals surface area (Å²) in [6.45, 7) is 1.39. The number of amides is 1. The van der Waals surface area contributed by atoms with Crippen LogP contribution in [0.5, 0.6) is 0 Å². The molecular formula is C18H22N4O3. The number of nitrogens with zero attached hydrogens (tertiary/aromatic N) is 4. The number of aryl methyl sites for hydroxylation is 2. The second-order valence-corrected chi connectivity index (χ2v) is 6.44. The minimum absolute atomic E-state index is 0.0621. The van der Waals surface area contributed by atoms with E-state index < -0.39 is 5.97 Å². The third kappa shape index (κ3) is 3.87. The summed E-state index contributed by atoms with van der Waals surface area (Å²) in [5.74, 6) is 0.223. The Kier molecular flexibility index (Phi) is 5.11. The number of benzene rings is 1. The van der Waals surface area contributed by atoms with E-state index in [0.29, 0.717) is 24.9 Å². The van der Waals surface area contributed by atoms with Crippen LogP contribution in [0.15, 0.2) is 30.6 Å². The van der Waals surface area contributed by atoms with Gasteiger partial charge in [0.15, 0.2) is 0 Å². The molecule has 1 amide bonds. The van der Waals surface area contributed by atoms with Gasteiger partial charge in [0.05, 0.1) is 5.56 Å². The lowest BCUT2D eigenvalue weighted by atomic mass is 9.96. The van der Waals surface area contributed by atoms with E-state index in [-0.39, 0.29) is 17.4 Å². The van der Waals surface area contributed by atoms with Crippen molar-refractivity contribution in [2.45, 2.75) is 31.6 Å². The van der Waals surface area contributed by atoms with Gasteiger partial charge in [0.2, 0.25) is 5.91 Å². The highest BCUT2D eigenvalue weighted by molar-refractivity contribution is 5.89. The molecule has 7 nitrogen and oxygen atoms in total.